The molecule has 0 amide bonds. The van der Waals surface area contributed by atoms with Crippen molar-refractivity contribution in [2.24, 2.45) is 5.41 Å². The Hall–Kier alpha value is -0.530. The summed E-state index contributed by atoms with van der Waals surface area (Å²) in [5.74, 6) is -0.0990. The first-order chi connectivity index (χ1) is 9.52. The summed E-state index contributed by atoms with van der Waals surface area (Å²) in [5.41, 5.74) is -0.381. The third kappa shape index (κ3) is 12.5. The summed E-state index contributed by atoms with van der Waals surface area (Å²) >= 11 is 0. The zero-order chi connectivity index (χ0) is 15.3. The van der Waals surface area contributed by atoms with Crippen LogP contribution in [0, 0.1) is 19.3 Å². The Kier molecular flexibility index (Phi) is 11.9. The van der Waals surface area contributed by atoms with Crippen LogP contribution in [0.15, 0.2) is 0 Å². The lowest BCUT2D eigenvalue weighted by Crippen LogP contribution is -2.21. The molecule has 20 heavy (non-hydrogen) atoms. The van der Waals surface area contributed by atoms with Crippen LogP contribution in [0.3, 0.4) is 0 Å². The van der Waals surface area contributed by atoms with Gasteiger partial charge >= 0.3 is 5.97 Å². The second-order valence-electron chi connectivity index (χ2n) is 6.09. The van der Waals surface area contributed by atoms with Crippen LogP contribution in [0.2, 0.25) is 0 Å². The lowest BCUT2D eigenvalue weighted by Gasteiger charge is -2.21. The van der Waals surface area contributed by atoms with Crippen molar-refractivity contribution in [3.05, 3.63) is 13.8 Å². The van der Waals surface area contributed by atoms with Crippen LogP contribution >= 0.6 is 0 Å². The third-order valence-electron chi connectivity index (χ3n) is 3.77. The minimum absolute atomic E-state index is 0.0990. The first-order valence-electron chi connectivity index (χ1n) is 8.38. The first kappa shape index (κ1) is 19.5. The van der Waals surface area contributed by atoms with E-state index in [4.69, 9.17) is 4.74 Å². The Bertz CT molecular complexity index is 234. The molecule has 0 heterocycles. The summed E-state index contributed by atoms with van der Waals surface area (Å²) in [5, 5.41) is 0. The number of esters is 1. The number of hydrogen-bond donors (Lipinski definition) is 0. The zero-order valence-corrected chi connectivity index (χ0v) is 13.7. The molecule has 2 nitrogen and oxygen atoms in total. The second-order valence-corrected chi connectivity index (χ2v) is 6.09. The van der Waals surface area contributed by atoms with Crippen molar-refractivity contribution in [3.8, 4) is 0 Å². The van der Waals surface area contributed by atoms with Gasteiger partial charge in [-0.15, -0.1) is 0 Å². The van der Waals surface area contributed by atoms with Gasteiger partial charge in [-0.25, -0.2) is 0 Å². The van der Waals surface area contributed by atoms with E-state index < -0.39 is 0 Å². The zero-order valence-electron chi connectivity index (χ0n) is 13.7. The van der Waals surface area contributed by atoms with E-state index in [1.807, 2.05) is 6.92 Å². The molecule has 0 fully saturated rings. The first-order valence-corrected chi connectivity index (χ1v) is 8.38. The van der Waals surface area contributed by atoms with Crippen molar-refractivity contribution < 1.29 is 9.53 Å². The molecule has 0 saturated carbocycles. The average Bonchev–Trinajstić information content (AvgIpc) is 2.43. The maximum Gasteiger partial charge on any atom is 0.305 e. The summed E-state index contributed by atoms with van der Waals surface area (Å²) < 4.78 is 5.21. The number of rotatable bonds is 13. The van der Waals surface area contributed by atoms with Crippen molar-refractivity contribution in [1.29, 1.82) is 0 Å². The Balaban J connectivity index is 3.32. The molecular formula is C18H34O2. The van der Waals surface area contributed by atoms with Gasteiger partial charge in [0, 0.05) is 11.8 Å². The van der Waals surface area contributed by atoms with E-state index in [2.05, 4.69) is 20.8 Å². The summed E-state index contributed by atoms with van der Waals surface area (Å²) in [4.78, 5) is 11.5. The molecule has 0 N–H and O–H groups in total. The molecule has 0 saturated heterocycles. The van der Waals surface area contributed by atoms with Gasteiger partial charge in [0.1, 0.15) is 0 Å². The number of ether oxygens (including phenoxy) is 1. The fraction of sp³-hybridized carbons (Fsp3) is 0.833. The molecule has 0 atom stereocenters. The number of hydrogen-bond acceptors (Lipinski definition) is 2. The molecule has 0 spiro atoms. The van der Waals surface area contributed by atoms with Gasteiger partial charge in [-0.1, -0.05) is 65.2 Å². The highest BCUT2D eigenvalue weighted by molar-refractivity contribution is 5.69. The minimum atomic E-state index is -0.381. The van der Waals surface area contributed by atoms with Crippen molar-refractivity contribution in [1.82, 2.24) is 0 Å². The summed E-state index contributed by atoms with van der Waals surface area (Å²) in [6.45, 7) is 12.4. The van der Waals surface area contributed by atoms with Gasteiger partial charge in [0.25, 0.3) is 0 Å². The Labute approximate surface area is 126 Å². The molecular weight excluding hydrogens is 248 g/mol. The SMILES string of the molecule is [CH2]C([CH2])(CC)COC(=O)CCCCCCCCCCC. The summed E-state index contributed by atoms with van der Waals surface area (Å²) in [6.07, 6.45) is 12.7. The molecule has 0 bridgehead atoms. The van der Waals surface area contributed by atoms with Gasteiger partial charge < -0.3 is 4.74 Å². The number of carbonyl (C=O) groups is 1. The Morgan fingerprint density at radius 3 is 1.90 bits per heavy atom. The molecule has 0 aliphatic heterocycles. The van der Waals surface area contributed by atoms with Gasteiger partial charge in [-0.3, -0.25) is 4.79 Å². The molecule has 0 aromatic carbocycles. The van der Waals surface area contributed by atoms with Crippen LogP contribution in [-0.4, -0.2) is 12.6 Å². The molecule has 0 aliphatic carbocycles. The molecule has 0 aromatic rings. The highest BCUT2D eigenvalue weighted by Gasteiger charge is 2.17. The van der Waals surface area contributed by atoms with Gasteiger partial charge in [0.05, 0.1) is 6.61 Å². The predicted molar refractivity (Wildman–Crippen MR) is 86.2 cm³/mol. The molecule has 0 rings (SSSR count). The normalized spacial score (nSPS) is 11.6. The van der Waals surface area contributed by atoms with Crippen molar-refractivity contribution in [3.63, 3.8) is 0 Å². The summed E-state index contributed by atoms with van der Waals surface area (Å²) in [7, 11) is 0. The lowest BCUT2D eigenvalue weighted by atomic mass is 9.92. The molecule has 0 unspecified atom stereocenters. The smallest absolute Gasteiger partial charge is 0.305 e. The van der Waals surface area contributed by atoms with Crippen molar-refractivity contribution in [2.45, 2.75) is 84.5 Å². The third-order valence-corrected chi connectivity index (χ3v) is 3.77. The van der Waals surface area contributed by atoms with Crippen LogP contribution in [0.4, 0.5) is 0 Å². The fourth-order valence-electron chi connectivity index (χ4n) is 1.99. The van der Waals surface area contributed by atoms with Crippen molar-refractivity contribution >= 4 is 5.97 Å². The van der Waals surface area contributed by atoms with Crippen LogP contribution < -0.4 is 0 Å². The van der Waals surface area contributed by atoms with Gasteiger partial charge in [-0.05, 0) is 26.7 Å². The van der Waals surface area contributed by atoms with Crippen LogP contribution in [0.1, 0.15) is 84.5 Å². The fourth-order valence-corrected chi connectivity index (χ4v) is 1.99. The van der Waals surface area contributed by atoms with E-state index in [0.29, 0.717) is 13.0 Å². The topological polar surface area (TPSA) is 26.3 Å². The quantitative estimate of drug-likeness (QED) is 0.328. The van der Waals surface area contributed by atoms with Crippen LogP contribution in [0.25, 0.3) is 0 Å². The molecule has 0 aromatic heterocycles. The maximum atomic E-state index is 11.5. The second kappa shape index (κ2) is 12.2. The average molecular weight is 282 g/mol. The van der Waals surface area contributed by atoms with Crippen molar-refractivity contribution in [2.75, 3.05) is 6.61 Å². The standard InChI is InChI=1S/C18H34O2/c1-5-7-8-9-10-11-12-13-14-15-17(19)20-16-18(3,4)6-2/h3-16H2,1-2H3. The predicted octanol–water partition coefficient (Wildman–Crippen LogP) is 5.52. The Morgan fingerprint density at radius 2 is 1.40 bits per heavy atom. The Morgan fingerprint density at radius 1 is 0.900 bits per heavy atom. The van der Waals surface area contributed by atoms with Gasteiger partial charge in [0.2, 0.25) is 0 Å². The highest BCUT2D eigenvalue weighted by atomic mass is 16.5. The largest absolute Gasteiger partial charge is 0.465 e. The highest BCUT2D eigenvalue weighted by Crippen LogP contribution is 2.19. The molecule has 118 valence electrons. The number of unbranched alkanes of at least 4 members (excludes halogenated alkanes) is 8. The van der Waals surface area contributed by atoms with Crippen LogP contribution in [-0.2, 0) is 9.53 Å². The van der Waals surface area contributed by atoms with E-state index in [1.54, 1.807) is 0 Å². The van der Waals surface area contributed by atoms with E-state index >= 15 is 0 Å². The lowest BCUT2D eigenvalue weighted by molar-refractivity contribution is -0.145. The summed E-state index contributed by atoms with van der Waals surface area (Å²) in [6, 6.07) is 0. The molecule has 2 heteroatoms. The van der Waals surface area contributed by atoms with E-state index in [9.17, 15) is 4.79 Å². The van der Waals surface area contributed by atoms with E-state index in [1.165, 1.54) is 44.9 Å². The molecule has 2 radical (unpaired) electrons. The monoisotopic (exact) mass is 282 g/mol. The molecule has 0 aliphatic rings. The van der Waals surface area contributed by atoms with Gasteiger partial charge in [0.15, 0.2) is 0 Å². The van der Waals surface area contributed by atoms with Gasteiger partial charge in [-0.2, -0.15) is 0 Å². The van der Waals surface area contributed by atoms with E-state index in [-0.39, 0.29) is 11.4 Å². The van der Waals surface area contributed by atoms with E-state index in [0.717, 1.165) is 19.3 Å². The van der Waals surface area contributed by atoms with Crippen LogP contribution in [0.5, 0.6) is 0 Å². The maximum absolute atomic E-state index is 11.5. The minimum Gasteiger partial charge on any atom is -0.465 e. The number of carbonyl (C=O) groups excluding carboxylic acids is 1.